The van der Waals surface area contributed by atoms with E-state index < -0.39 is 10.7 Å². The van der Waals surface area contributed by atoms with Crippen molar-refractivity contribution in [3.8, 4) is 0 Å². The zero-order chi connectivity index (χ0) is 11.3. The molecule has 5 nitrogen and oxygen atoms in total. The highest BCUT2D eigenvalue weighted by molar-refractivity contribution is 7.72. The van der Waals surface area contributed by atoms with Crippen molar-refractivity contribution in [2.75, 3.05) is 25.6 Å². The fourth-order valence-electron chi connectivity index (χ4n) is 1.73. The summed E-state index contributed by atoms with van der Waals surface area (Å²) >= 11 is 0. The van der Waals surface area contributed by atoms with Crippen LogP contribution in [-0.4, -0.2) is 44.9 Å². The molecule has 1 saturated heterocycles. The van der Waals surface area contributed by atoms with E-state index in [0.29, 0.717) is 32.5 Å². The van der Waals surface area contributed by atoms with Gasteiger partial charge < -0.3 is 4.74 Å². The maximum atomic E-state index is 11.4. The molecule has 0 aliphatic carbocycles. The quantitative estimate of drug-likeness (QED) is 0.541. The molecule has 6 heteroatoms. The Morgan fingerprint density at radius 3 is 2.47 bits per heavy atom. The predicted molar refractivity (Wildman–Crippen MR) is 56.1 cm³/mol. The lowest BCUT2D eigenvalue weighted by Gasteiger charge is -2.28. The van der Waals surface area contributed by atoms with E-state index in [1.54, 1.807) is 6.92 Å². The van der Waals surface area contributed by atoms with Crippen molar-refractivity contribution in [2.24, 2.45) is 5.92 Å². The lowest BCUT2D eigenvalue weighted by atomic mass is 9.97. The summed E-state index contributed by atoms with van der Waals surface area (Å²) in [5.74, 6) is -0.0976. The number of thiol groups is 1. The summed E-state index contributed by atoms with van der Waals surface area (Å²) in [6.45, 7) is 3.51. The van der Waals surface area contributed by atoms with Gasteiger partial charge in [0.2, 0.25) is 0 Å². The molecule has 15 heavy (non-hydrogen) atoms. The molecule has 0 aromatic carbocycles. The summed E-state index contributed by atoms with van der Waals surface area (Å²) < 4.78 is 25.9. The van der Waals surface area contributed by atoms with Gasteiger partial charge in [-0.1, -0.05) is 0 Å². The van der Waals surface area contributed by atoms with Crippen LogP contribution < -0.4 is 0 Å². The second kappa shape index (κ2) is 6.07. The summed E-state index contributed by atoms with van der Waals surface area (Å²) in [7, 11) is -2.35. The number of likely N-dealkylation sites (tertiary alicyclic amines) is 1. The van der Waals surface area contributed by atoms with Crippen molar-refractivity contribution in [3.63, 3.8) is 0 Å². The lowest BCUT2D eigenvalue weighted by Crippen LogP contribution is -2.37. The van der Waals surface area contributed by atoms with Crippen molar-refractivity contribution >= 4 is 16.7 Å². The van der Waals surface area contributed by atoms with Crippen molar-refractivity contribution in [2.45, 2.75) is 19.8 Å². The molecule has 0 aromatic rings. The van der Waals surface area contributed by atoms with Gasteiger partial charge in [0.25, 0.3) is 0 Å². The van der Waals surface area contributed by atoms with Gasteiger partial charge in [-0.05, 0) is 32.9 Å². The molecule has 0 unspecified atom stereocenters. The van der Waals surface area contributed by atoms with E-state index in [4.69, 9.17) is 4.74 Å². The van der Waals surface area contributed by atoms with Gasteiger partial charge in [0.05, 0.1) is 18.4 Å². The molecule has 0 spiro atoms. The maximum absolute atomic E-state index is 11.4. The molecule has 0 radical (unpaired) electrons. The molecule has 1 aliphatic heterocycles. The first kappa shape index (κ1) is 12.4. The zero-order valence-corrected chi connectivity index (χ0v) is 9.74. The van der Waals surface area contributed by atoms with Crippen molar-refractivity contribution < 1.29 is 17.9 Å². The average molecular weight is 235 g/mol. The Labute approximate surface area is 91.3 Å². The monoisotopic (exact) mass is 235 g/mol. The molecule has 1 rings (SSSR count). The van der Waals surface area contributed by atoms with Crippen LogP contribution in [0.5, 0.6) is 0 Å². The van der Waals surface area contributed by atoms with E-state index in [1.165, 1.54) is 0 Å². The second-order valence-electron chi connectivity index (χ2n) is 3.62. The highest BCUT2D eigenvalue weighted by atomic mass is 32.2. The van der Waals surface area contributed by atoms with Crippen LogP contribution in [0.3, 0.4) is 0 Å². The van der Waals surface area contributed by atoms with Crippen LogP contribution in [0, 0.1) is 5.92 Å². The first-order valence-corrected chi connectivity index (χ1v) is 6.50. The van der Waals surface area contributed by atoms with Gasteiger partial charge in [-0.3, -0.25) is 9.69 Å². The normalized spacial score (nSPS) is 19.3. The van der Waals surface area contributed by atoms with Crippen molar-refractivity contribution in [3.05, 3.63) is 0 Å². The molecular formula is C9H17NO4S. The van der Waals surface area contributed by atoms with Gasteiger partial charge in [-0.15, -0.1) is 0 Å². The summed E-state index contributed by atoms with van der Waals surface area (Å²) in [6, 6.07) is 0. The summed E-state index contributed by atoms with van der Waals surface area (Å²) in [5.41, 5.74) is 0. The van der Waals surface area contributed by atoms with Crippen molar-refractivity contribution in [1.29, 1.82) is 0 Å². The minimum atomic E-state index is -2.35. The summed E-state index contributed by atoms with van der Waals surface area (Å²) in [4.78, 5) is 13.2. The molecule has 0 atom stereocenters. The van der Waals surface area contributed by atoms with Crippen molar-refractivity contribution in [1.82, 2.24) is 4.90 Å². The number of carbonyl (C=O) groups excluding carboxylic acids is 1. The average Bonchev–Trinajstić information content (AvgIpc) is 2.18. The van der Waals surface area contributed by atoms with E-state index >= 15 is 0 Å². The van der Waals surface area contributed by atoms with E-state index in [2.05, 4.69) is 0 Å². The number of hydrogen-bond donors (Lipinski definition) is 1. The Kier molecular flexibility index (Phi) is 5.04. The number of esters is 1. The van der Waals surface area contributed by atoms with Crippen LogP contribution in [0.2, 0.25) is 0 Å². The lowest BCUT2D eigenvalue weighted by molar-refractivity contribution is -0.149. The fourth-order valence-corrected chi connectivity index (χ4v) is 2.34. The minimum absolute atomic E-state index is 0.0502. The SMILES string of the molecule is CCOC(=O)C1CCN(C[SH](=O)=O)CC1. The Hall–Kier alpha value is -0.620. The fraction of sp³-hybridized carbons (Fsp3) is 0.889. The highest BCUT2D eigenvalue weighted by Gasteiger charge is 2.25. The van der Waals surface area contributed by atoms with E-state index in [0.717, 1.165) is 0 Å². The Balaban J connectivity index is 2.32. The third-order valence-electron chi connectivity index (χ3n) is 2.52. The van der Waals surface area contributed by atoms with Gasteiger partial charge in [0, 0.05) is 0 Å². The van der Waals surface area contributed by atoms with E-state index in [1.807, 2.05) is 4.90 Å². The second-order valence-corrected chi connectivity index (χ2v) is 4.57. The van der Waals surface area contributed by atoms with Gasteiger partial charge in [-0.2, -0.15) is 0 Å². The van der Waals surface area contributed by atoms with Gasteiger partial charge >= 0.3 is 5.97 Å². The van der Waals surface area contributed by atoms with Gasteiger partial charge in [0.1, 0.15) is 0 Å². The number of piperidine rings is 1. The largest absolute Gasteiger partial charge is 0.466 e. The van der Waals surface area contributed by atoms with Crippen LogP contribution in [0.25, 0.3) is 0 Å². The molecular weight excluding hydrogens is 218 g/mol. The first-order valence-electron chi connectivity index (χ1n) is 5.14. The third-order valence-corrected chi connectivity index (χ3v) is 3.15. The Morgan fingerprint density at radius 2 is 2.00 bits per heavy atom. The molecule has 0 bridgehead atoms. The number of ether oxygens (including phenoxy) is 1. The Bertz CT molecular complexity index is 274. The molecule has 0 aromatic heterocycles. The molecule has 1 aliphatic rings. The molecule has 0 amide bonds. The third kappa shape index (κ3) is 4.17. The van der Waals surface area contributed by atoms with Gasteiger partial charge in [-0.25, -0.2) is 8.42 Å². The minimum Gasteiger partial charge on any atom is -0.466 e. The Morgan fingerprint density at radius 1 is 1.40 bits per heavy atom. The summed E-state index contributed by atoms with van der Waals surface area (Å²) in [6.07, 6.45) is 1.39. The van der Waals surface area contributed by atoms with E-state index in [9.17, 15) is 13.2 Å². The molecule has 0 saturated carbocycles. The van der Waals surface area contributed by atoms with Crippen LogP contribution in [0.15, 0.2) is 0 Å². The number of hydrogen-bond acceptors (Lipinski definition) is 5. The van der Waals surface area contributed by atoms with Crippen LogP contribution in [-0.2, 0) is 20.2 Å². The van der Waals surface area contributed by atoms with Gasteiger partial charge in [0.15, 0.2) is 10.7 Å². The molecule has 88 valence electrons. The summed E-state index contributed by atoms with van der Waals surface area (Å²) in [5, 5.41) is 0. The highest BCUT2D eigenvalue weighted by Crippen LogP contribution is 2.18. The standard InChI is InChI=1S/C9H17NO4S/c1-2-14-9(11)8-3-5-10(6-4-8)7-15(12)13/h8,15H,2-7H2,1H3. The molecule has 1 fully saturated rings. The molecule has 0 N–H and O–H groups in total. The first-order chi connectivity index (χ1) is 7.13. The topological polar surface area (TPSA) is 63.7 Å². The zero-order valence-electron chi connectivity index (χ0n) is 8.85. The predicted octanol–water partition coefficient (Wildman–Crippen LogP) is -0.170. The smallest absolute Gasteiger partial charge is 0.309 e. The van der Waals surface area contributed by atoms with E-state index in [-0.39, 0.29) is 17.8 Å². The molecule has 1 heterocycles. The van der Waals surface area contributed by atoms with Crippen LogP contribution in [0.1, 0.15) is 19.8 Å². The van der Waals surface area contributed by atoms with Crippen LogP contribution >= 0.6 is 0 Å². The number of nitrogens with zero attached hydrogens (tertiary/aromatic N) is 1. The van der Waals surface area contributed by atoms with Crippen LogP contribution in [0.4, 0.5) is 0 Å². The number of carbonyl (C=O) groups is 1. The number of rotatable bonds is 4. The maximum Gasteiger partial charge on any atom is 0.309 e.